The second-order valence-corrected chi connectivity index (χ2v) is 4.47. The van der Waals surface area contributed by atoms with Crippen molar-refractivity contribution < 1.29 is 10.2 Å². The van der Waals surface area contributed by atoms with Gasteiger partial charge in [0.1, 0.15) is 0 Å². The van der Waals surface area contributed by atoms with E-state index >= 15 is 0 Å². The van der Waals surface area contributed by atoms with E-state index < -0.39 is 0 Å². The van der Waals surface area contributed by atoms with Gasteiger partial charge in [-0.1, -0.05) is 45.4 Å². The molecule has 2 nitrogen and oxygen atoms in total. The molecule has 0 amide bonds. The fraction of sp³-hybridized carbons (Fsp3) is 1.00. The Labute approximate surface area is 94.7 Å². The zero-order valence-corrected chi connectivity index (χ0v) is 10.2. The lowest BCUT2D eigenvalue weighted by Crippen LogP contribution is -2.06. The highest BCUT2D eigenvalue weighted by Crippen LogP contribution is 2.17. The van der Waals surface area contributed by atoms with E-state index in [9.17, 15) is 5.11 Å². The first-order chi connectivity index (χ1) is 7.35. The summed E-state index contributed by atoms with van der Waals surface area (Å²) in [6, 6.07) is 0. The number of rotatable bonds is 11. The number of hydrogen-bond acceptors (Lipinski definition) is 2. The molecule has 2 N–H and O–H groups in total. The van der Waals surface area contributed by atoms with Crippen LogP contribution in [0.15, 0.2) is 0 Å². The topological polar surface area (TPSA) is 40.5 Å². The molecule has 2 heteroatoms. The van der Waals surface area contributed by atoms with Crippen molar-refractivity contribution in [3.63, 3.8) is 0 Å². The highest BCUT2D eigenvalue weighted by Gasteiger charge is 2.06. The van der Waals surface area contributed by atoms with E-state index in [1.807, 2.05) is 0 Å². The van der Waals surface area contributed by atoms with E-state index in [2.05, 4.69) is 6.92 Å². The second-order valence-electron chi connectivity index (χ2n) is 4.47. The van der Waals surface area contributed by atoms with Crippen LogP contribution in [0.4, 0.5) is 0 Å². The minimum absolute atomic E-state index is 0.306. The molecule has 92 valence electrons. The normalized spacial score (nSPS) is 13.0. The molecule has 0 aromatic carbocycles. The van der Waals surface area contributed by atoms with Crippen molar-refractivity contribution in [3.05, 3.63) is 0 Å². The summed E-state index contributed by atoms with van der Waals surface area (Å²) in [7, 11) is 0. The van der Waals surface area contributed by atoms with Gasteiger partial charge in [0.15, 0.2) is 0 Å². The number of hydrogen-bond donors (Lipinski definition) is 2. The van der Waals surface area contributed by atoms with Gasteiger partial charge in [0, 0.05) is 13.2 Å². The molecule has 0 fully saturated rings. The molecule has 1 unspecified atom stereocenters. The largest absolute Gasteiger partial charge is 0.396 e. The zero-order valence-electron chi connectivity index (χ0n) is 10.2. The van der Waals surface area contributed by atoms with Gasteiger partial charge in [-0.25, -0.2) is 0 Å². The minimum Gasteiger partial charge on any atom is -0.396 e. The quantitative estimate of drug-likeness (QED) is 0.521. The van der Waals surface area contributed by atoms with E-state index in [0.717, 1.165) is 25.7 Å². The van der Waals surface area contributed by atoms with Gasteiger partial charge in [0.05, 0.1) is 0 Å². The van der Waals surface area contributed by atoms with Crippen LogP contribution in [0.2, 0.25) is 0 Å². The summed E-state index contributed by atoms with van der Waals surface area (Å²) in [6.07, 6.45) is 10.6. The lowest BCUT2D eigenvalue weighted by Gasteiger charge is -2.13. The molecule has 0 aliphatic heterocycles. The third-order valence-corrected chi connectivity index (χ3v) is 2.99. The average Bonchev–Trinajstić information content (AvgIpc) is 2.27. The Kier molecular flexibility index (Phi) is 11.9. The maximum Gasteiger partial charge on any atom is 0.0459 e. The third kappa shape index (κ3) is 10.2. The van der Waals surface area contributed by atoms with Crippen molar-refractivity contribution in [2.75, 3.05) is 13.2 Å². The maximum atomic E-state index is 9.19. The summed E-state index contributed by atoms with van der Waals surface area (Å²) in [6.45, 7) is 2.87. The van der Waals surface area contributed by atoms with Crippen LogP contribution >= 0.6 is 0 Å². The summed E-state index contributed by atoms with van der Waals surface area (Å²) >= 11 is 0. The Morgan fingerprint density at radius 1 is 0.800 bits per heavy atom. The van der Waals surface area contributed by atoms with E-state index in [-0.39, 0.29) is 0 Å². The van der Waals surface area contributed by atoms with Gasteiger partial charge in [0.2, 0.25) is 0 Å². The number of aliphatic hydroxyl groups is 2. The molecule has 0 radical (unpaired) electrons. The molecule has 0 saturated carbocycles. The van der Waals surface area contributed by atoms with Gasteiger partial charge in [-0.05, 0) is 25.2 Å². The molecular formula is C13H28O2. The standard InChI is InChI=1S/C13H28O2/c1-2-3-4-6-9-13(12-15)10-7-5-8-11-14/h13-15H,2-12H2,1H3. The zero-order chi connectivity index (χ0) is 11.4. The summed E-state index contributed by atoms with van der Waals surface area (Å²) in [5.41, 5.74) is 0. The Hall–Kier alpha value is -0.0800. The van der Waals surface area contributed by atoms with Crippen molar-refractivity contribution >= 4 is 0 Å². The molecule has 0 aromatic rings. The van der Waals surface area contributed by atoms with Gasteiger partial charge in [-0.3, -0.25) is 0 Å². The van der Waals surface area contributed by atoms with Gasteiger partial charge >= 0.3 is 0 Å². The first-order valence-electron chi connectivity index (χ1n) is 6.56. The highest BCUT2D eigenvalue weighted by molar-refractivity contribution is 4.58. The first kappa shape index (κ1) is 14.9. The third-order valence-electron chi connectivity index (χ3n) is 2.99. The monoisotopic (exact) mass is 216 g/mol. The molecule has 0 aliphatic carbocycles. The van der Waals surface area contributed by atoms with Crippen molar-refractivity contribution in [3.8, 4) is 0 Å². The van der Waals surface area contributed by atoms with E-state index in [4.69, 9.17) is 5.11 Å². The smallest absolute Gasteiger partial charge is 0.0459 e. The molecule has 15 heavy (non-hydrogen) atoms. The van der Waals surface area contributed by atoms with Crippen molar-refractivity contribution in [1.29, 1.82) is 0 Å². The molecule has 0 aromatic heterocycles. The van der Waals surface area contributed by atoms with Crippen LogP contribution in [0.5, 0.6) is 0 Å². The van der Waals surface area contributed by atoms with E-state index in [1.165, 1.54) is 32.1 Å². The molecule has 0 bridgehead atoms. The van der Waals surface area contributed by atoms with Crippen LogP contribution in [-0.4, -0.2) is 23.4 Å². The molecule has 1 atom stereocenters. The summed E-state index contributed by atoms with van der Waals surface area (Å²) < 4.78 is 0. The second kappa shape index (κ2) is 12.0. The molecule has 0 saturated heterocycles. The molecule has 0 heterocycles. The molecule has 0 rings (SSSR count). The van der Waals surface area contributed by atoms with Crippen LogP contribution < -0.4 is 0 Å². The Balaban J connectivity index is 3.29. The number of aliphatic hydroxyl groups excluding tert-OH is 2. The Morgan fingerprint density at radius 3 is 1.87 bits per heavy atom. The Morgan fingerprint density at radius 2 is 1.40 bits per heavy atom. The van der Waals surface area contributed by atoms with E-state index in [1.54, 1.807) is 0 Å². The van der Waals surface area contributed by atoms with Gasteiger partial charge in [-0.15, -0.1) is 0 Å². The maximum absolute atomic E-state index is 9.19. The van der Waals surface area contributed by atoms with Crippen molar-refractivity contribution in [2.24, 2.45) is 5.92 Å². The molecule has 0 aliphatic rings. The predicted molar refractivity (Wildman–Crippen MR) is 64.9 cm³/mol. The van der Waals surface area contributed by atoms with Crippen molar-refractivity contribution in [2.45, 2.75) is 64.7 Å². The average molecular weight is 216 g/mol. The van der Waals surface area contributed by atoms with E-state index in [0.29, 0.717) is 19.1 Å². The summed E-state index contributed by atoms with van der Waals surface area (Å²) in [5, 5.41) is 17.8. The minimum atomic E-state index is 0.306. The highest BCUT2D eigenvalue weighted by atomic mass is 16.3. The lowest BCUT2D eigenvalue weighted by molar-refractivity contribution is 0.202. The van der Waals surface area contributed by atoms with Gasteiger partial charge in [0.25, 0.3) is 0 Å². The molecular weight excluding hydrogens is 188 g/mol. The fourth-order valence-corrected chi connectivity index (χ4v) is 1.91. The SMILES string of the molecule is CCCCCCC(CO)CCCCCO. The van der Waals surface area contributed by atoms with Crippen LogP contribution in [-0.2, 0) is 0 Å². The molecule has 0 spiro atoms. The summed E-state index contributed by atoms with van der Waals surface area (Å²) in [4.78, 5) is 0. The van der Waals surface area contributed by atoms with Crippen LogP contribution in [0.1, 0.15) is 64.7 Å². The van der Waals surface area contributed by atoms with Crippen molar-refractivity contribution in [1.82, 2.24) is 0 Å². The number of unbranched alkanes of at least 4 members (excludes halogenated alkanes) is 5. The van der Waals surface area contributed by atoms with Gasteiger partial charge < -0.3 is 10.2 Å². The van der Waals surface area contributed by atoms with Crippen LogP contribution in [0.25, 0.3) is 0 Å². The predicted octanol–water partition coefficient (Wildman–Crippen LogP) is 3.12. The van der Waals surface area contributed by atoms with Gasteiger partial charge in [-0.2, -0.15) is 0 Å². The lowest BCUT2D eigenvalue weighted by atomic mass is 9.95. The van der Waals surface area contributed by atoms with Crippen LogP contribution in [0.3, 0.4) is 0 Å². The Bertz CT molecular complexity index is 103. The summed E-state index contributed by atoms with van der Waals surface area (Å²) in [5.74, 6) is 0.501. The fourth-order valence-electron chi connectivity index (χ4n) is 1.91. The van der Waals surface area contributed by atoms with Crippen LogP contribution in [0, 0.1) is 5.92 Å². The first-order valence-corrected chi connectivity index (χ1v) is 6.56.